The summed E-state index contributed by atoms with van der Waals surface area (Å²) >= 11 is 6.26. The van der Waals surface area contributed by atoms with Crippen LogP contribution in [0.2, 0.25) is 5.02 Å². The highest BCUT2D eigenvalue weighted by Crippen LogP contribution is 2.32. The number of sulfonamides is 1. The van der Waals surface area contributed by atoms with Crippen LogP contribution in [0.4, 0.5) is 0 Å². The predicted octanol–water partition coefficient (Wildman–Crippen LogP) is 1.72. The zero-order valence-electron chi connectivity index (χ0n) is 13.0. The maximum Gasteiger partial charge on any atom is 0.245 e. The van der Waals surface area contributed by atoms with Crippen molar-refractivity contribution in [1.82, 2.24) is 19.2 Å². The first-order valence-electron chi connectivity index (χ1n) is 7.38. The highest BCUT2D eigenvalue weighted by Gasteiger charge is 2.37. The summed E-state index contributed by atoms with van der Waals surface area (Å²) in [6.07, 6.45) is 3.49. The summed E-state index contributed by atoms with van der Waals surface area (Å²) in [5.41, 5.74) is 0.747. The molecule has 1 aromatic carbocycles. The van der Waals surface area contributed by atoms with E-state index in [-0.39, 0.29) is 16.0 Å². The summed E-state index contributed by atoms with van der Waals surface area (Å²) in [5, 5.41) is 3.52. The van der Waals surface area contributed by atoms with Gasteiger partial charge < -0.3 is 9.88 Å². The van der Waals surface area contributed by atoms with Crippen molar-refractivity contribution in [3.05, 3.63) is 47.0 Å². The Morgan fingerprint density at radius 2 is 2.17 bits per heavy atom. The molecule has 1 unspecified atom stereocenters. The highest BCUT2D eigenvalue weighted by atomic mass is 35.5. The lowest BCUT2D eigenvalue weighted by molar-refractivity contribution is 0.258. The quantitative estimate of drug-likeness (QED) is 0.911. The fraction of sp³-hybridized carbons (Fsp3) is 0.400. The smallest absolute Gasteiger partial charge is 0.245 e. The molecule has 0 amide bonds. The molecule has 2 aromatic rings. The average molecular weight is 355 g/mol. The molecule has 1 atom stereocenters. The van der Waals surface area contributed by atoms with Gasteiger partial charge in [-0.2, -0.15) is 4.31 Å². The SMILES string of the molecule is Cc1cccc(S(=O)(=O)N2CCNCC2c2nccn2C)c1Cl. The fourth-order valence-corrected chi connectivity index (χ4v) is 4.98. The third-order valence-corrected chi connectivity index (χ3v) is 6.66. The van der Waals surface area contributed by atoms with Gasteiger partial charge in [0.2, 0.25) is 10.0 Å². The molecule has 0 saturated carbocycles. The van der Waals surface area contributed by atoms with Gasteiger partial charge >= 0.3 is 0 Å². The zero-order valence-corrected chi connectivity index (χ0v) is 14.6. The molecule has 0 aliphatic carbocycles. The van der Waals surface area contributed by atoms with Crippen LogP contribution in [0.5, 0.6) is 0 Å². The molecule has 8 heteroatoms. The summed E-state index contributed by atoms with van der Waals surface area (Å²) in [4.78, 5) is 4.47. The molecule has 1 aromatic heterocycles. The summed E-state index contributed by atoms with van der Waals surface area (Å²) < 4.78 is 29.6. The second-order valence-corrected chi connectivity index (χ2v) is 7.86. The van der Waals surface area contributed by atoms with Gasteiger partial charge in [-0.3, -0.25) is 0 Å². The van der Waals surface area contributed by atoms with Gasteiger partial charge in [-0.1, -0.05) is 23.7 Å². The first-order chi connectivity index (χ1) is 10.9. The van der Waals surface area contributed by atoms with Crippen LogP contribution in [0.1, 0.15) is 17.4 Å². The van der Waals surface area contributed by atoms with Crippen molar-refractivity contribution in [3.63, 3.8) is 0 Å². The lowest BCUT2D eigenvalue weighted by Crippen LogP contribution is -2.49. The third kappa shape index (κ3) is 2.89. The van der Waals surface area contributed by atoms with Crippen LogP contribution < -0.4 is 5.32 Å². The molecule has 1 aliphatic heterocycles. The Morgan fingerprint density at radius 1 is 1.39 bits per heavy atom. The van der Waals surface area contributed by atoms with E-state index in [9.17, 15) is 8.42 Å². The number of nitrogens with zero attached hydrogens (tertiary/aromatic N) is 3. The van der Waals surface area contributed by atoms with Crippen LogP contribution in [-0.2, 0) is 17.1 Å². The van der Waals surface area contributed by atoms with Gasteiger partial charge in [0.05, 0.1) is 11.1 Å². The topological polar surface area (TPSA) is 67.2 Å². The number of benzene rings is 1. The number of imidazole rings is 1. The number of aromatic nitrogens is 2. The fourth-order valence-electron chi connectivity index (χ4n) is 2.84. The van der Waals surface area contributed by atoms with Crippen molar-refractivity contribution >= 4 is 21.6 Å². The molecular formula is C15H19ClN4O2S. The molecule has 0 bridgehead atoms. The number of hydrogen-bond donors (Lipinski definition) is 1. The first-order valence-corrected chi connectivity index (χ1v) is 9.19. The Kier molecular flexibility index (Phi) is 4.46. The Bertz CT molecular complexity index is 819. The normalized spacial score (nSPS) is 19.9. The van der Waals surface area contributed by atoms with Gasteiger partial charge in [-0.15, -0.1) is 0 Å². The minimum atomic E-state index is -3.70. The van der Waals surface area contributed by atoms with E-state index in [2.05, 4.69) is 10.3 Å². The van der Waals surface area contributed by atoms with Crippen LogP contribution in [0, 0.1) is 6.92 Å². The second-order valence-electron chi connectivity index (χ2n) is 5.62. The van der Waals surface area contributed by atoms with E-state index in [0.29, 0.717) is 25.5 Å². The van der Waals surface area contributed by atoms with Crippen LogP contribution in [0.25, 0.3) is 0 Å². The van der Waals surface area contributed by atoms with Gasteiger partial charge in [0.15, 0.2) is 0 Å². The number of piperazine rings is 1. The maximum absolute atomic E-state index is 13.2. The molecule has 1 fully saturated rings. The van der Waals surface area contributed by atoms with Gasteiger partial charge in [0, 0.05) is 39.1 Å². The molecule has 23 heavy (non-hydrogen) atoms. The van der Waals surface area contributed by atoms with Gasteiger partial charge in [0.1, 0.15) is 10.7 Å². The van der Waals surface area contributed by atoms with Gasteiger partial charge in [-0.25, -0.2) is 13.4 Å². The molecule has 0 spiro atoms. The van der Waals surface area contributed by atoms with E-state index in [1.807, 2.05) is 17.8 Å². The number of halogens is 1. The second kappa shape index (κ2) is 6.24. The Morgan fingerprint density at radius 3 is 2.87 bits per heavy atom. The molecule has 2 heterocycles. The number of hydrogen-bond acceptors (Lipinski definition) is 4. The number of nitrogens with one attached hydrogen (secondary N) is 1. The van der Waals surface area contributed by atoms with E-state index in [1.165, 1.54) is 4.31 Å². The van der Waals surface area contributed by atoms with Crippen LogP contribution >= 0.6 is 11.6 Å². The molecule has 1 aliphatic rings. The predicted molar refractivity (Wildman–Crippen MR) is 88.9 cm³/mol. The first kappa shape index (κ1) is 16.4. The van der Waals surface area contributed by atoms with Gasteiger partial charge in [0.25, 0.3) is 0 Å². The van der Waals surface area contributed by atoms with E-state index < -0.39 is 10.0 Å². The number of aryl methyl sites for hydroxylation is 2. The van der Waals surface area contributed by atoms with Crippen molar-refractivity contribution in [2.24, 2.45) is 7.05 Å². The van der Waals surface area contributed by atoms with Gasteiger partial charge in [-0.05, 0) is 18.6 Å². The lowest BCUT2D eigenvalue weighted by atomic mass is 10.2. The van der Waals surface area contributed by atoms with Crippen molar-refractivity contribution in [3.8, 4) is 0 Å². The molecule has 124 valence electrons. The van der Waals surface area contributed by atoms with E-state index >= 15 is 0 Å². The van der Waals surface area contributed by atoms with E-state index in [1.54, 1.807) is 31.3 Å². The third-order valence-electron chi connectivity index (χ3n) is 4.09. The van der Waals surface area contributed by atoms with Crippen LogP contribution in [0.3, 0.4) is 0 Å². The van der Waals surface area contributed by atoms with Crippen molar-refractivity contribution in [1.29, 1.82) is 0 Å². The van der Waals surface area contributed by atoms with Crippen LogP contribution in [0.15, 0.2) is 35.5 Å². The molecule has 1 N–H and O–H groups in total. The minimum absolute atomic E-state index is 0.153. The molecular weight excluding hydrogens is 336 g/mol. The summed E-state index contributed by atoms with van der Waals surface area (Å²) in [6, 6.07) is 4.72. The monoisotopic (exact) mass is 354 g/mol. The van der Waals surface area contributed by atoms with Crippen LogP contribution in [-0.4, -0.2) is 41.9 Å². The Balaban J connectivity index is 2.06. The molecule has 0 radical (unpaired) electrons. The zero-order chi connectivity index (χ0) is 16.6. The molecule has 6 nitrogen and oxygen atoms in total. The average Bonchev–Trinajstić information content (AvgIpc) is 2.96. The number of rotatable bonds is 3. The Labute approximate surface area is 141 Å². The largest absolute Gasteiger partial charge is 0.337 e. The summed E-state index contributed by atoms with van der Waals surface area (Å²) in [7, 11) is -1.84. The summed E-state index contributed by atoms with van der Waals surface area (Å²) in [6.45, 7) is 3.30. The Hall–Kier alpha value is -1.41. The van der Waals surface area contributed by atoms with E-state index in [0.717, 1.165) is 5.56 Å². The standard InChI is InChI=1S/C15H19ClN4O2S/c1-11-4-3-5-13(14(11)16)23(21,22)20-9-6-17-10-12(20)15-18-7-8-19(15)2/h3-5,7-8,12,17H,6,9-10H2,1-2H3. The molecule has 1 saturated heterocycles. The van der Waals surface area contributed by atoms with Crippen molar-refractivity contribution in [2.45, 2.75) is 17.9 Å². The van der Waals surface area contributed by atoms with Crippen molar-refractivity contribution < 1.29 is 8.42 Å². The summed E-state index contributed by atoms with van der Waals surface area (Å²) in [5.74, 6) is 0.713. The van der Waals surface area contributed by atoms with E-state index in [4.69, 9.17) is 11.6 Å². The maximum atomic E-state index is 13.2. The molecule has 3 rings (SSSR count). The van der Waals surface area contributed by atoms with Crippen molar-refractivity contribution in [2.75, 3.05) is 19.6 Å². The highest BCUT2D eigenvalue weighted by molar-refractivity contribution is 7.89. The lowest BCUT2D eigenvalue weighted by Gasteiger charge is -2.34. The minimum Gasteiger partial charge on any atom is -0.337 e.